The number of sulfonamides is 1. The number of hydrogen-bond donors (Lipinski definition) is 2. The van der Waals surface area contributed by atoms with Crippen LogP contribution >= 0.6 is 11.3 Å². The molecule has 0 spiro atoms. The number of hydrogen-bond acceptors (Lipinski definition) is 4. The molecule has 0 aliphatic rings. The first-order valence-corrected chi connectivity index (χ1v) is 7.07. The number of nitrogens with one attached hydrogen (secondary N) is 1. The van der Waals surface area contributed by atoms with Crippen LogP contribution in [0.3, 0.4) is 0 Å². The number of thiophene rings is 1. The van der Waals surface area contributed by atoms with E-state index in [0.29, 0.717) is 13.0 Å². The van der Waals surface area contributed by atoms with E-state index in [1.165, 1.54) is 11.3 Å². The van der Waals surface area contributed by atoms with E-state index in [-0.39, 0.29) is 4.21 Å². The Bertz CT molecular complexity index is 485. The van der Waals surface area contributed by atoms with E-state index in [1.807, 2.05) is 0 Å². The monoisotopic (exact) mass is 258 g/mol. The highest BCUT2D eigenvalue weighted by molar-refractivity contribution is 7.91. The van der Waals surface area contributed by atoms with Crippen molar-refractivity contribution in [1.29, 1.82) is 0 Å². The number of rotatable bonds is 5. The Morgan fingerprint density at radius 3 is 2.88 bits per heavy atom. The summed E-state index contributed by atoms with van der Waals surface area (Å²) in [5.41, 5.74) is 5.40. The Balaban J connectivity index is 2.87. The third-order valence-corrected chi connectivity index (χ3v) is 5.05. The summed E-state index contributed by atoms with van der Waals surface area (Å²) >= 11 is 1.22. The molecule has 1 atom stereocenters. The topological polar surface area (TPSA) is 72.2 Å². The highest BCUT2D eigenvalue weighted by Gasteiger charge is 2.18. The summed E-state index contributed by atoms with van der Waals surface area (Å²) in [6.45, 7) is 2.13. The van der Waals surface area contributed by atoms with E-state index in [0.717, 1.165) is 4.88 Å². The van der Waals surface area contributed by atoms with Crippen LogP contribution in [-0.2, 0) is 16.4 Å². The van der Waals surface area contributed by atoms with Gasteiger partial charge in [0, 0.05) is 4.88 Å². The first kappa shape index (κ1) is 13.2. The summed E-state index contributed by atoms with van der Waals surface area (Å²) in [6, 6.07) is 2.83. The van der Waals surface area contributed by atoms with Gasteiger partial charge in [-0.15, -0.1) is 17.8 Å². The smallest absolute Gasteiger partial charge is 0.251 e. The van der Waals surface area contributed by atoms with Crippen molar-refractivity contribution in [3.8, 4) is 12.3 Å². The maximum absolute atomic E-state index is 11.8. The molecule has 3 N–H and O–H groups in total. The minimum Gasteiger partial charge on any atom is -0.330 e. The van der Waals surface area contributed by atoms with E-state index in [4.69, 9.17) is 12.2 Å². The van der Waals surface area contributed by atoms with Crippen LogP contribution < -0.4 is 10.5 Å². The van der Waals surface area contributed by atoms with Gasteiger partial charge in [-0.1, -0.05) is 5.92 Å². The van der Waals surface area contributed by atoms with Crippen LogP contribution in [0.1, 0.15) is 11.8 Å². The third kappa shape index (κ3) is 3.32. The van der Waals surface area contributed by atoms with Gasteiger partial charge in [0.05, 0.1) is 6.04 Å². The van der Waals surface area contributed by atoms with Crippen molar-refractivity contribution in [1.82, 2.24) is 4.72 Å². The average molecular weight is 258 g/mol. The molecule has 16 heavy (non-hydrogen) atoms. The van der Waals surface area contributed by atoms with Crippen molar-refractivity contribution >= 4 is 21.4 Å². The summed E-state index contributed by atoms with van der Waals surface area (Å²) in [5, 5.41) is 0. The van der Waals surface area contributed by atoms with Crippen LogP contribution in [0.5, 0.6) is 0 Å². The summed E-state index contributed by atoms with van der Waals surface area (Å²) < 4.78 is 26.3. The molecule has 0 saturated carbocycles. The fourth-order valence-electron chi connectivity index (χ4n) is 1.10. The minimum atomic E-state index is -3.48. The molecule has 4 nitrogen and oxygen atoms in total. The maximum Gasteiger partial charge on any atom is 0.251 e. The van der Waals surface area contributed by atoms with E-state index in [2.05, 4.69) is 10.6 Å². The van der Waals surface area contributed by atoms with Crippen molar-refractivity contribution in [3.63, 3.8) is 0 Å². The SMILES string of the molecule is C#CC(C)NS(=O)(=O)c1ccc(CCN)s1. The molecular formula is C10H14N2O2S2. The highest BCUT2D eigenvalue weighted by atomic mass is 32.2. The largest absolute Gasteiger partial charge is 0.330 e. The second-order valence-electron chi connectivity index (χ2n) is 3.27. The molecule has 0 radical (unpaired) electrons. The van der Waals surface area contributed by atoms with Crippen LogP contribution in [0, 0.1) is 12.3 Å². The molecule has 1 unspecified atom stereocenters. The normalized spacial score (nSPS) is 13.3. The summed E-state index contributed by atoms with van der Waals surface area (Å²) in [7, 11) is -3.48. The van der Waals surface area contributed by atoms with Gasteiger partial charge in [-0.2, -0.15) is 4.72 Å². The van der Waals surface area contributed by atoms with Crippen molar-refractivity contribution in [2.24, 2.45) is 5.73 Å². The predicted octanol–water partition coefficient (Wildman–Crippen LogP) is 0.549. The van der Waals surface area contributed by atoms with Gasteiger partial charge in [-0.05, 0) is 32.0 Å². The summed E-state index contributed by atoms with van der Waals surface area (Å²) in [5.74, 6) is 2.32. The summed E-state index contributed by atoms with van der Waals surface area (Å²) in [6.07, 6.45) is 5.81. The van der Waals surface area contributed by atoms with Crippen molar-refractivity contribution < 1.29 is 8.42 Å². The standard InChI is InChI=1S/C10H14N2O2S2/c1-3-8(2)12-16(13,14)10-5-4-9(15-10)6-7-11/h1,4-5,8,12H,6-7,11H2,2H3. The van der Waals surface area contributed by atoms with Gasteiger partial charge >= 0.3 is 0 Å². The van der Waals surface area contributed by atoms with Crippen LogP contribution in [0.15, 0.2) is 16.3 Å². The molecule has 0 amide bonds. The maximum atomic E-state index is 11.8. The molecule has 6 heteroatoms. The van der Waals surface area contributed by atoms with Gasteiger partial charge in [0.15, 0.2) is 0 Å². The Morgan fingerprint density at radius 1 is 1.62 bits per heavy atom. The number of terminal acetylenes is 1. The van der Waals surface area contributed by atoms with Crippen LogP contribution in [0.4, 0.5) is 0 Å². The Labute approximate surface area is 99.9 Å². The fraction of sp³-hybridized carbons (Fsp3) is 0.400. The lowest BCUT2D eigenvalue weighted by molar-refractivity contribution is 0.580. The molecule has 0 saturated heterocycles. The number of nitrogens with two attached hydrogens (primary N) is 1. The molecule has 1 rings (SSSR count). The van der Waals surface area contributed by atoms with Gasteiger partial charge in [0.1, 0.15) is 4.21 Å². The second kappa shape index (κ2) is 5.46. The van der Waals surface area contributed by atoms with Gasteiger partial charge in [-0.25, -0.2) is 8.42 Å². The van der Waals surface area contributed by atoms with Crippen molar-refractivity contribution in [2.75, 3.05) is 6.54 Å². The molecule has 0 aromatic carbocycles. The lowest BCUT2D eigenvalue weighted by Crippen LogP contribution is -2.30. The molecular weight excluding hydrogens is 244 g/mol. The molecule has 1 aromatic heterocycles. The van der Waals surface area contributed by atoms with E-state index >= 15 is 0 Å². The highest BCUT2D eigenvalue weighted by Crippen LogP contribution is 2.21. The Kier molecular flexibility index (Phi) is 4.50. The molecule has 0 aliphatic heterocycles. The molecule has 0 fully saturated rings. The molecule has 0 bridgehead atoms. The second-order valence-corrected chi connectivity index (χ2v) is 6.38. The molecule has 0 aliphatic carbocycles. The first-order valence-electron chi connectivity index (χ1n) is 4.77. The molecule has 1 aromatic rings. The van der Waals surface area contributed by atoms with Gasteiger partial charge < -0.3 is 5.73 Å². The van der Waals surface area contributed by atoms with Gasteiger partial charge in [-0.3, -0.25) is 0 Å². The Morgan fingerprint density at radius 2 is 2.31 bits per heavy atom. The minimum absolute atomic E-state index is 0.276. The van der Waals surface area contributed by atoms with Crippen LogP contribution in [0.2, 0.25) is 0 Å². The van der Waals surface area contributed by atoms with Crippen molar-refractivity contribution in [2.45, 2.75) is 23.6 Å². The fourth-order valence-corrected chi connectivity index (χ4v) is 3.66. The van der Waals surface area contributed by atoms with Gasteiger partial charge in [0.25, 0.3) is 10.0 Å². The third-order valence-electron chi connectivity index (χ3n) is 1.87. The lowest BCUT2D eigenvalue weighted by Gasteiger charge is -2.06. The van der Waals surface area contributed by atoms with Crippen molar-refractivity contribution in [3.05, 3.63) is 17.0 Å². The Hall–Kier alpha value is -0.870. The average Bonchev–Trinajstić information content (AvgIpc) is 2.67. The van der Waals surface area contributed by atoms with E-state index in [1.54, 1.807) is 19.1 Å². The lowest BCUT2D eigenvalue weighted by atomic mass is 10.3. The predicted molar refractivity (Wildman–Crippen MR) is 65.7 cm³/mol. The van der Waals surface area contributed by atoms with Crippen LogP contribution in [0.25, 0.3) is 0 Å². The zero-order valence-corrected chi connectivity index (χ0v) is 10.6. The zero-order valence-electron chi connectivity index (χ0n) is 8.93. The van der Waals surface area contributed by atoms with E-state index < -0.39 is 16.1 Å². The summed E-state index contributed by atoms with van der Waals surface area (Å²) in [4.78, 5) is 0.955. The zero-order chi connectivity index (χ0) is 12.2. The van der Waals surface area contributed by atoms with E-state index in [9.17, 15) is 8.42 Å². The van der Waals surface area contributed by atoms with Gasteiger partial charge in [0.2, 0.25) is 0 Å². The van der Waals surface area contributed by atoms with Crippen LogP contribution in [-0.4, -0.2) is 21.0 Å². The quantitative estimate of drug-likeness (QED) is 0.758. The molecule has 1 heterocycles. The first-order chi connectivity index (χ1) is 7.49. The molecule has 88 valence electrons.